The molecule has 2 aromatic heterocycles. The molecule has 0 aliphatic heterocycles. The smallest absolute Gasteiger partial charge is 0.161 e. The average molecular weight is 282 g/mol. The summed E-state index contributed by atoms with van der Waals surface area (Å²) < 4.78 is 7.17. The maximum atomic E-state index is 5.92. The molecule has 2 heterocycles. The van der Waals surface area contributed by atoms with Gasteiger partial charge in [-0.25, -0.2) is 10.4 Å². The lowest BCUT2D eigenvalue weighted by molar-refractivity contribution is 0.399. The van der Waals surface area contributed by atoms with Crippen LogP contribution in [0, 0.1) is 0 Å². The van der Waals surface area contributed by atoms with Crippen molar-refractivity contribution in [2.75, 3.05) is 7.11 Å². The van der Waals surface area contributed by atoms with E-state index in [1.165, 1.54) is 0 Å². The van der Waals surface area contributed by atoms with Crippen molar-refractivity contribution in [2.24, 2.45) is 5.84 Å². The molecule has 0 amide bonds. The second-order valence-electron chi connectivity index (χ2n) is 3.93. The minimum atomic E-state index is -0.266. The molecule has 0 aliphatic rings. The fraction of sp³-hybridized carbons (Fsp3) is 0.333. The summed E-state index contributed by atoms with van der Waals surface area (Å²) in [5.74, 6) is 6.36. The van der Waals surface area contributed by atoms with Crippen LogP contribution in [0.25, 0.3) is 0 Å². The zero-order chi connectivity index (χ0) is 13.8. The predicted octanol–water partition coefficient (Wildman–Crippen LogP) is 1.51. The molecule has 1 atom stereocenters. The summed E-state index contributed by atoms with van der Waals surface area (Å²) in [7, 11) is 1.60. The van der Waals surface area contributed by atoms with Gasteiger partial charge in [0.25, 0.3) is 0 Å². The number of ether oxygens (including phenoxy) is 1. The van der Waals surface area contributed by atoms with Gasteiger partial charge in [-0.1, -0.05) is 11.6 Å². The number of rotatable bonds is 5. The number of aromatic nitrogens is 3. The largest absolute Gasteiger partial charge is 0.493 e. The monoisotopic (exact) mass is 281 g/mol. The van der Waals surface area contributed by atoms with Crippen molar-refractivity contribution >= 4 is 11.6 Å². The molecule has 6 nitrogen and oxygen atoms in total. The third-order valence-electron chi connectivity index (χ3n) is 2.89. The third kappa shape index (κ3) is 2.70. The van der Waals surface area contributed by atoms with Crippen LogP contribution in [-0.4, -0.2) is 21.9 Å². The summed E-state index contributed by atoms with van der Waals surface area (Å²) in [5.41, 5.74) is 4.53. The zero-order valence-corrected chi connectivity index (χ0v) is 11.6. The van der Waals surface area contributed by atoms with Gasteiger partial charge in [0.2, 0.25) is 0 Å². The van der Waals surface area contributed by atoms with E-state index in [2.05, 4.69) is 15.5 Å². The Hall–Kier alpha value is -1.63. The first kappa shape index (κ1) is 13.8. The van der Waals surface area contributed by atoms with Gasteiger partial charge in [0, 0.05) is 12.7 Å². The molecule has 0 saturated heterocycles. The standard InChI is InChI=1S/C12H16ClN5O/c1-3-18-12(9(19-2)7-16-18)11(17-14)8-4-5-15-10(13)6-8/h4-7,11,17H,3,14H2,1-2H3. The molecule has 2 aromatic rings. The highest BCUT2D eigenvalue weighted by molar-refractivity contribution is 6.29. The van der Waals surface area contributed by atoms with E-state index >= 15 is 0 Å². The van der Waals surface area contributed by atoms with Crippen molar-refractivity contribution in [3.8, 4) is 5.75 Å². The first-order chi connectivity index (χ1) is 9.21. The predicted molar refractivity (Wildman–Crippen MR) is 72.9 cm³/mol. The van der Waals surface area contributed by atoms with Gasteiger partial charge in [0.1, 0.15) is 10.8 Å². The van der Waals surface area contributed by atoms with Gasteiger partial charge in [-0.3, -0.25) is 10.5 Å². The van der Waals surface area contributed by atoms with Gasteiger partial charge in [-0.2, -0.15) is 5.10 Å². The number of aryl methyl sites for hydroxylation is 1. The van der Waals surface area contributed by atoms with Gasteiger partial charge < -0.3 is 4.74 Å². The topological polar surface area (TPSA) is 78.0 Å². The van der Waals surface area contributed by atoms with Gasteiger partial charge in [0.05, 0.1) is 19.3 Å². The van der Waals surface area contributed by atoms with Gasteiger partial charge in [-0.05, 0) is 24.6 Å². The van der Waals surface area contributed by atoms with E-state index in [0.717, 1.165) is 17.8 Å². The Morgan fingerprint density at radius 2 is 2.37 bits per heavy atom. The SMILES string of the molecule is CCn1ncc(OC)c1C(NN)c1ccnc(Cl)c1. The van der Waals surface area contributed by atoms with E-state index in [4.69, 9.17) is 22.2 Å². The maximum Gasteiger partial charge on any atom is 0.161 e. The molecule has 1 unspecified atom stereocenters. The number of hydrogen-bond donors (Lipinski definition) is 2. The van der Waals surface area contributed by atoms with Crippen molar-refractivity contribution in [3.05, 3.63) is 40.9 Å². The van der Waals surface area contributed by atoms with E-state index in [9.17, 15) is 0 Å². The fourth-order valence-electron chi connectivity index (χ4n) is 2.01. The van der Waals surface area contributed by atoms with E-state index in [-0.39, 0.29) is 6.04 Å². The Kier molecular flexibility index (Phi) is 4.36. The molecular formula is C12H16ClN5O. The van der Waals surface area contributed by atoms with Crippen molar-refractivity contribution in [2.45, 2.75) is 19.5 Å². The van der Waals surface area contributed by atoms with Gasteiger partial charge in [0.15, 0.2) is 5.75 Å². The summed E-state index contributed by atoms with van der Waals surface area (Å²) in [6, 6.07) is 3.35. The van der Waals surface area contributed by atoms with Crippen LogP contribution in [-0.2, 0) is 6.54 Å². The van der Waals surface area contributed by atoms with Crippen LogP contribution in [0.3, 0.4) is 0 Å². The number of nitrogens with one attached hydrogen (secondary N) is 1. The van der Waals surface area contributed by atoms with Crippen molar-refractivity contribution in [3.63, 3.8) is 0 Å². The number of halogens is 1. The van der Waals surface area contributed by atoms with Crippen molar-refractivity contribution in [1.82, 2.24) is 20.2 Å². The summed E-state index contributed by atoms with van der Waals surface area (Å²) in [5, 5.41) is 4.69. The highest BCUT2D eigenvalue weighted by Gasteiger charge is 2.22. The third-order valence-corrected chi connectivity index (χ3v) is 3.10. The molecule has 0 saturated carbocycles. The summed E-state index contributed by atoms with van der Waals surface area (Å²) in [6.45, 7) is 2.72. The molecular weight excluding hydrogens is 266 g/mol. The number of methoxy groups -OCH3 is 1. The van der Waals surface area contributed by atoms with Gasteiger partial charge >= 0.3 is 0 Å². The normalized spacial score (nSPS) is 12.4. The van der Waals surface area contributed by atoms with E-state index in [0.29, 0.717) is 10.9 Å². The Labute approximate surface area is 116 Å². The van der Waals surface area contributed by atoms with Crippen LogP contribution in [0.2, 0.25) is 5.15 Å². The molecule has 0 radical (unpaired) electrons. The van der Waals surface area contributed by atoms with E-state index in [1.807, 2.05) is 17.7 Å². The quantitative estimate of drug-likeness (QED) is 0.493. The van der Waals surface area contributed by atoms with Crippen LogP contribution in [0.4, 0.5) is 0 Å². The minimum absolute atomic E-state index is 0.266. The first-order valence-corrected chi connectivity index (χ1v) is 6.26. The van der Waals surface area contributed by atoms with Crippen molar-refractivity contribution in [1.29, 1.82) is 0 Å². The number of nitrogens with two attached hydrogens (primary N) is 1. The van der Waals surface area contributed by atoms with Crippen LogP contribution < -0.4 is 16.0 Å². The van der Waals surface area contributed by atoms with Crippen LogP contribution in [0.1, 0.15) is 24.2 Å². The first-order valence-electron chi connectivity index (χ1n) is 5.88. The molecule has 0 fully saturated rings. The molecule has 0 aromatic carbocycles. The molecule has 0 spiro atoms. The molecule has 102 valence electrons. The van der Waals surface area contributed by atoms with E-state index in [1.54, 1.807) is 25.6 Å². The summed E-state index contributed by atoms with van der Waals surface area (Å²) >= 11 is 5.92. The summed E-state index contributed by atoms with van der Waals surface area (Å²) in [6.07, 6.45) is 3.31. The molecule has 19 heavy (non-hydrogen) atoms. The molecule has 0 bridgehead atoms. The lowest BCUT2D eigenvalue weighted by Gasteiger charge is -2.19. The Morgan fingerprint density at radius 1 is 1.58 bits per heavy atom. The highest BCUT2D eigenvalue weighted by Crippen LogP contribution is 2.30. The Morgan fingerprint density at radius 3 is 2.95 bits per heavy atom. The Bertz CT molecular complexity index is 535. The lowest BCUT2D eigenvalue weighted by atomic mass is 10.1. The van der Waals surface area contributed by atoms with Crippen molar-refractivity contribution < 1.29 is 4.74 Å². The van der Waals surface area contributed by atoms with Crippen LogP contribution >= 0.6 is 11.6 Å². The Balaban J connectivity index is 2.50. The summed E-state index contributed by atoms with van der Waals surface area (Å²) in [4.78, 5) is 3.97. The van der Waals surface area contributed by atoms with Crippen LogP contribution in [0.5, 0.6) is 5.75 Å². The number of pyridine rings is 1. The fourth-order valence-corrected chi connectivity index (χ4v) is 2.19. The van der Waals surface area contributed by atoms with Gasteiger partial charge in [-0.15, -0.1) is 0 Å². The number of hydrogen-bond acceptors (Lipinski definition) is 5. The second kappa shape index (κ2) is 6.01. The lowest BCUT2D eigenvalue weighted by Crippen LogP contribution is -2.31. The average Bonchev–Trinajstić information content (AvgIpc) is 2.83. The molecule has 3 N–H and O–H groups in total. The number of nitrogens with zero attached hydrogens (tertiary/aromatic N) is 3. The van der Waals surface area contributed by atoms with E-state index < -0.39 is 0 Å². The molecule has 7 heteroatoms. The minimum Gasteiger partial charge on any atom is -0.493 e. The number of hydrazine groups is 1. The van der Waals surface area contributed by atoms with Crippen LogP contribution in [0.15, 0.2) is 24.5 Å². The zero-order valence-electron chi connectivity index (χ0n) is 10.8. The maximum absolute atomic E-state index is 5.92. The molecule has 2 rings (SSSR count). The highest BCUT2D eigenvalue weighted by atomic mass is 35.5. The second-order valence-corrected chi connectivity index (χ2v) is 4.31. The molecule has 0 aliphatic carbocycles.